The Morgan fingerprint density at radius 2 is 1.44 bits per heavy atom. The maximum Gasteiger partial charge on any atom is 0.227 e. The van der Waals surface area contributed by atoms with Gasteiger partial charge in [0.2, 0.25) is 5.95 Å². The fraction of sp³-hybridized carbons (Fsp3) is 0.500. The highest BCUT2D eigenvalue weighted by Gasteiger charge is 2.21. The summed E-state index contributed by atoms with van der Waals surface area (Å²) in [5, 5.41) is 0. The van der Waals surface area contributed by atoms with Gasteiger partial charge in [0.1, 0.15) is 17.5 Å². The molecule has 6 nitrogen and oxygen atoms in total. The van der Waals surface area contributed by atoms with Crippen molar-refractivity contribution >= 4 is 17.6 Å². The van der Waals surface area contributed by atoms with Crippen molar-refractivity contribution in [1.82, 2.24) is 15.0 Å². The molecule has 2 saturated heterocycles. The minimum absolute atomic E-state index is 0.301. The molecule has 0 aromatic carbocycles. The third-order valence-electron chi connectivity index (χ3n) is 4.91. The molecule has 2 aliphatic rings. The highest BCUT2D eigenvalue weighted by Crippen LogP contribution is 2.21. The average molecular weight is 342 g/mol. The van der Waals surface area contributed by atoms with Crippen molar-refractivity contribution in [1.29, 1.82) is 0 Å². The van der Waals surface area contributed by atoms with Gasteiger partial charge in [-0.3, -0.25) is 0 Å². The molecule has 0 unspecified atom stereocenters. The van der Waals surface area contributed by atoms with Crippen LogP contribution >= 0.6 is 0 Å². The van der Waals surface area contributed by atoms with Crippen molar-refractivity contribution in [2.45, 2.75) is 19.3 Å². The van der Waals surface area contributed by atoms with E-state index in [-0.39, 0.29) is 5.82 Å². The van der Waals surface area contributed by atoms with E-state index in [4.69, 9.17) is 4.98 Å². The number of pyridine rings is 1. The molecule has 0 amide bonds. The summed E-state index contributed by atoms with van der Waals surface area (Å²) in [6.45, 7) is 5.50. The van der Waals surface area contributed by atoms with Crippen LogP contribution in [0.25, 0.3) is 0 Å². The second-order valence-corrected chi connectivity index (χ2v) is 6.57. The van der Waals surface area contributed by atoms with Crippen LogP contribution in [0.15, 0.2) is 30.6 Å². The zero-order chi connectivity index (χ0) is 17.1. The number of hydrogen-bond acceptors (Lipinski definition) is 6. The van der Waals surface area contributed by atoms with Crippen molar-refractivity contribution in [2.75, 3.05) is 54.0 Å². The van der Waals surface area contributed by atoms with Crippen LogP contribution < -0.4 is 14.7 Å². The van der Waals surface area contributed by atoms with Gasteiger partial charge in [-0.25, -0.2) is 14.4 Å². The lowest BCUT2D eigenvalue weighted by atomic mass is 10.1. The Kier molecular flexibility index (Phi) is 4.63. The third kappa shape index (κ3) is 3.65. The zero-order valence-corrected chi connectivity index (χ0v) is 14.3. The number of piperazine rings is 1. The van der Waals surface area contributed by atoms with Gasteiger partial charge in [-0.05, 0) is 37.5 Å². The molecule has 0 spiro atoms. The SMILES string of the molecule is Fc1ccc(N2CCN(c3nccc(N4CCCCC4)n3)CC2)nc1. The van der Waals surface area contributed by atoms with Crippen molar-refractivity contribution in [3.63, 3.8) is 0 Å². The van der Waals surface area contributed by atoms with Crippen LogP contribution in [-0.4, -0.2) is 54.2 Å². The van der Waals surface area contributed by atoms with E-state index < -0.39 is 0 Å². The first kappa shape index (κ1) is 16.1. The zero-order valence-electron chi connectivity index (χ0n) is 14.3. The highest BCUT2D eigenvalue weighted by atomic mass is 19.1. The normalized spacial score (nSPS) is 18.5. The molecule has 0 N–H and O–H groups in total. The highest BCUT2D eigenvalue weighted by molar-refractivity contribution is 5.46. The van der Waals surface area contributed by atoms with Crippen LogP contribution in [0, 0.1) is 5.82 Å². The summed E-state index contributed by atoms with van der Waals surface area (Å²) in [7, 11) is 0. The lowest BCUT2D eigenvalue weighted by Gasteiger charge is -2.36. The predicted octanol–water partition coefficient (Wildman–Crippen LogP) is 2.33. The monoisotopic (exact) mass is 342 g/mol. The molecule has 2 fully saturated rings. The number of piperidine rings is 1. The van der Waals surface area contributed by atoms with Crippen LogP contribution in [0.1, 0.15) is 19.3 Å². The fourth-order valence-corrected chi connectivity index (χ4v) is 3.48. The van der Waals surface area contributed by atoms with E-state index in [0.717, 1.165) is 56.9 Å². The number of anilines is 3. The minimum atomic E-state index is -0.301. The standard InChI is InChI=1S/C18H23FN6/c19-15-4-5-16(21-14-15)24-10-12-25(13-11-24)18-20-7-6-17(22-18)23-8-2-1-3-9-23/h4-7,14H,1-3,8-13H2. The van der Waals surface area contributed by atoms with E-state index >= 15 is 0 Å². The van der Waals surface area contributed by atoms with Crippen molar-refractivity contribution in [3.05, 3.63) is 36.4 Å². The summed E-state index contributed by atoms with van der Waals surface area (Å²) < 4.78 is 13.0. The molecule has 0 atom stereocenters. The van der Waals surface area contributed by atoms with E-state index in [0.29, 0.717) is 0 Å². The van der Waals surface area contributed by atoms with E-state index in [2.05, 4.69) is 24.7 Å². The van der Waals surface area contributed by atoms with Gasteiger partial charge in [0, 0.05) is 45.5 Å². The largest absolute Gasteiger partial charge is 0.356 e. The molecule has 4 rings (SSSR count). The Balaban J connectivity index is 1.41. The molecule has 2 aliphatic heterocycles. The van der Waals surface area contributed by atoms with E-state index in [1.54, 1.807) is 6.07 Å². The van der Waals surface area contributed by atoms with Gasteiger partial charge in [-0.15, -0.1) is 0 Å². The molecule has 25 heavy (non-hydrogen) atoms. The van der Waals surface area contributed by atoms with Gasteiger partial charge in [-0.2, -0.15) is 4.98 Å². The molecule has 7 heteroatoms. The second-order valence-electron chi connectivity index (χ2n) is 6.57. The van der Waals surface area contributed by atoms with E-state index in [1.807, 2.05) is 12.3 Å². The molecule has 0 saturated carbocycles. The van der Waals surface area contributed by atoms with Crippen LogP contribution in [0.4, 0.5) is 22.0 Å². The first-order chi connectivity index (χ1) is 12.3. The summed E-state index contributed by atoms with van der Waals surface area (Å²) in [4.78, 5) is 20.2. The van der Waals surface area contributed by atoms with Gasteiger partial charge >= 0.3 is 0 Å². The van der Waals surface area contributed by atoms with Gasteiger partial charge in [0.05, 0.1) is 6.20 Å². The fourth-order valence-electron chi connectivity index (χ4n) is 3.48. The number of halogens is 1. The van der Waals surface area contributed by atoms with Crippen LogP contribution in [-0.2, 0) is 0 Å². The molecule has 2 aromatic heterocycles. The Labute approximate surface area is 147 Å². The first-order valence-electron chi connectivity index (χ1n) is 8.99. The summed E-state index contributed by atoms with van der Waals surface area (Å²) >= 11 is 0. The quantitative estimate of drug-likeness (QED) is 0.853. The lowest BCUT2D eigenvalue weighted by molar-refractivity contribution is 0.571. The topological polar surface area (TPSA) is 48.4 Å². The maximum absolute atomic E-state index is 13.0. The molecular formula is C18H23FN6. The molecule has 2 aromatic rings. The molecule has 4 heterocycles. The third-order valence-corrected chi connectivity index (χ3v) is 4.91. The number of nitrogens with zero attached hydrogens (tertiary/aromatic N) is 6. The number of rotatable bonds is 3. The summed E-state index contributed by atoms with van der Waals surface area (Å²) in [6, 6.07) is 5.20. The van der Waals surface area contributed by atoms with Crippen molar-refractivity contribution in [3.8, 4) is 0 Å². The Hall–Kier alpha value is -2.44. The summed E-state index contributed by atoms with van der Waals surface area (Å²) in [6.07, 6.45) is 6.92. The van der Waals surface area contributed by atoms with Gasteiger partial charge in [0.15, 0.2) is 0 Å². The minimum Gasteiger partial charge on any atom is -0.356 e. The number of hydrogen-bond donors (Lipinski definition) is 0. The van der Waals surface area contributed by atoms with E-state index in [1.165, 1.54) is 31.5 Å². The second kappa shape index (κ2) is 7.21. The summed E-state index contributed by atoms with van der Waals surface area (Å²) in [5.41, 5.74) is 0. The molecule has 0 bridgehead atoms. The van der Waals surface area contributed by atoms with Gasteiger partial charge < -0.3 is 14.7 Å². The Morgan fingerprint density at radius 1 is 0.720 bits per heavy atom. The van der Waals surface area contributed by atoms with Gasteiger partial charge in [0.25, 0.3) is 0 Å². The molecule has 0 radical (unpaired) electrons. The smallest absolute Gasteiger partial charge is 0.227 e. The first-order valence-corrected chi connectivity index (χ1v) is 8.99. The van der Waals surface area contributed by atoms with Crippen molar-refractivity contribution in [2.24, 2.45) is 0 Å². The van der Waals surface area contributed by atoms with Crippen LogP contribution in [0.5, 0.6) is 0 Å². The average Bonchev–Trinajstić information content (AvgIpc) is 2.70. The summed E-state index contributed by atoms with van der Waals surface area (Å²) in [5.74, 6) is 2.36. The Bertz CT molecular complexity index is 693. The van der Waals surface area contributed by atoms with Crippen LogP contribution in [0.3, 0.4) is 0 Å². The molecular weight excluding hydrogens is 319 g/mol. The molecule has 132 valence electrons. The molecule has 0 aliphatic carbocycles. The van der Waals surface area contributed by atoms with Crippen LogP contribution in [0.2, 0.25) is 0 Å². The Morgan fingerprint density at radius 3 is 2.16 bits per heavy atom. The van der Waals surface area contributed by atoms with Gasteiger partial charge in [-0.1, -0.05) is 0 Å². The lowest BCUT2D eigenvalue weighted by Crippen LogP contribution is -2.47. The van der Waals surface area contributed by atoms with E-state index in [9.17, 15) is 4.39 Å². The number of aromatic nitrogens is 3. The maximum atomic E-state index is 13.0. The predicted molar refractivity (Wildman–Crippen MR) is 96.7 cm³/mol. The van der Waals surface area contributed by atoms with Crippen molar-refractivity contribution < 1.29 is 4.39 Å².